The third-order valence-corrected chi connectivity index (χ3v) is 4.97. The molecule has 0 saturated carbocycles. The van der Waals surface area contributed by atoms with E-state index in [1.807, 2.05) is 0 Å². The van der Waals surface area contributed by atoms with Crippen molar-refractivity contribution < 1.29 is 24.1 Å². The number of hydrogen-bond donors (Lipinski definition) is 2. The number of rotatable bonds is 7. The zero-order valence-electron chi connectivity index (χ0n) is 16.5. The van der Waals surface area contributed by atoms with Crippen LogP contribution in [0, 0.1) is 10.1 Å². The molecule has 0 spiro atoms. The highest BCUT2D eigenvalue weighted by Gasteiger charge is 2.23. The van der Waals surface area contributed by atoms with E-state index in [-0.39, 0.29) is 11.6 Å². The third-order valence-electron chi connectivity index (χ3n) is 4.97. The Morgan fingerprint density at radius 3 is 2.34 bits per heavy atom. The SMILES string of the molecule is COc1ccc(NC(=O)C[NH+]2CCN(c3ccc([N+](=O)[O-])cc3)CC2)cc1OC. The van der Waals surface area contributed by atoms with Crippen LogP contribution in [0.2, 0.25) is 0 Å². The van der Waals surface area contributed by atoms with Gasteiger partial charge in [0.1, 0.15) is 0 Å². The Labute approximate surface area is 169 Å². The number of nitro groups is 1. The number of methoxy groups -OCH3 is 2. The molecule has 0 aliphatic carbocycles. The second-order valence-corrected chi connectivity index (χ2v) is 6.81. The van der Waals surface area contributed by atoms with Crippen molar-refractivity contribution in [2.24, 2.45) is 0 Å². The maximum atomic E-state index is 12.4. The first-order valence-electron chi connectivity index (χ1n) is 9.35. The Bertz CT molecular complexity index is 864. The molecule has 9 nitrogen and oxygen atoms in total. The lowest BCUT2D eigenvalue weighted by atomic mass is 10.2. The number of carbonyl (C=O) groups excluding carboxylic acids is 1. The van der Waals surface area contributed by atoms with E-state index in [9.17, 15) is 14.9 Å². The first kappa shape index (κ1) is 20.4. The minimum Gasteiger partial charge on any atom is -0.493 e. The molecule has 0 atom stereocenters. The maximum Gasteiger partial charge on any atom is 0.279 e. The number of benzene rings is 2. The average molecular weight is 401 g/mol. The molecule has 1 aliphatic heterocycles. The van der Waals surface area contributed by atoms with Crippen molar-refractivity contribution >= 4 is 23.0 Å². The van der Waals surface area contributed by atoms with E-state index in [1.165, 1.54) is 17.0 Å². The normalized spacial score (nSPS) is 14.3. The molecule has 0 radical (unpaired) electrons. The molecule has 2 aromatic rings. The lowest BCUT2D eigenvalue weighted by Gasteiger charge is -2.33. The number of hydrogen-bond acceptors (Lipinski definition) is 6. The number of amides is 1. The number of non-ortho nitro benzene ring substituents is 1. The molecule has 1 amide bonds. The molecule has 1 fully saturated rings. The fourth-order valence-electron chi connectivity index (χ4n) is 3.39. The number of quaternary nitrogens is 1. The van der Waals surface area contributed by atoms with Gasteiger partial charge in [0.25, 0.3) is 11.6 Å². The highest BCUT2D eigenvalue weighted by atomic mass is 16.6. The molecule has 3 rings (SSSR count). The fraction of sp³-hybridized carbons (Fsp3) is 0.350. The lowest BCUT2D eigenvalue weighted by molar-refractivity contribution is -0.892. The van der Waals surface area contributed by atoms with Gasteiger partial charge in [0, 0.05) is 29.6 Å². The van der Waals surface area contributed by atoms with Gasteiger partial charge in [-0.15, -0.1) is 0 Å². The van der Waals surface area contributed by atoms with Gasteiger partial charge in [0.15, 0.2) is 18.0 Å². The summed E-state index contributed by atoms with van der Waals surface area (Å²) in [5, 5.41) is 13.7. The summed E-state index contributed by atoms with van der Waals surface area (Å²) in [6, 6.07) is 11.8. The van der Waals surface area contributed by atoms with Crippen molar-refractivity contribution in [1.82, 2.24) is 0 Å². The molecule has 0 aromatic heterocycles. The Morgan fingerprint density at radius 1 is 1.10 bits per heavy atom. The van der Waals surface area contributed by atoms with E-state index in [0.717, 1.165) is 31.9 Å². The van der Waals surface area contributed by atoms with Gasteiger partial charge in [-0.3, -0.25) is 14.9 Å². The largest absolute Gasteiger partial charge is 0.493 e. The van der Waals surface area contributed by atoms with E-state index in [0.29, 0.717) is 23.7 Å². The smallest absolute Gasteiger partial charge is 0.279 e. The number of anilines is 2. The van der Waals surface area contributed by atoms with Crippen molar-refractivity contribution in [3.05, 3.63) is 52.6 Å². The van der Waals surface area contributed by atoms with Crippen LogP contribution in [0.3, 0.4) is 0 Å². The van der Waals surface area contributed by atoms with E-state index in [4.69, 9.17) is 9.47 Å². The van der Waals surface area contributed by atoms with Crippen molar-refractivity contribution in [3.63, 3.8) is 0 Å². The van der Waals surface area contributed by atoms with Crippen LogP contribution >= 0.6 is 0 Å². The van der Waals surface area contributed by atoms with E-state index in [1.54, 1.807) is 44.6 Å². The zero-order chi connectivity index (χ0) is 20.8. The average Bonchev–Trinajstić information content (AvgIpc) is 2.74. The van der Waals surface area contributed by atoms with Crippen molar-refractivity contribution in [2.45, 2.75) is 0 Å². The molecule has 9 heteroatoms. The summed E-state index contributed by atoms with van der Waals surface area (Å²) in [6.45, 7) is 3.59. The number of nitrogens with zero attached hydrogens (tertiary/aromatic N) is 2. The second kappa shape index (κ2) is 9.24. The number of ether oxygens (including phenoxy) is 2. The van der Waals surface area contributed by atoms with Crippen LogP contribution < -0.4 is 24.6 Å². The van der Waals surface area contributed by atoms with Gasteiger partial charge < -0.3 is 24.6 Å². The van der Waals surface area contributed by atoms with Crippen LogP contribution in [0.5, 0.6) is 11.5 Å². The summed E-state index contributed by atoms with van der Waals surface area (Å²) in [6.07, 6.45) is 0. The minimum atomic E-state index is -0.400. The van der Waals surface area contributed by atoms with E-state index >= 15 is 0 Å². The third kappa shape index (κ3) is 5.14. The molecule has 1 heterocycles. The summed E-state index contributed by atoms with van der Waals surface area (Å²) in [5.74, 6) is 1.11. The maximum absolute atomic E-state index is 12.4. The van der Waals surface area contributed by atoms with Gasteiger partial charge in [0.2, 0.25) is 0 Å². The minimum absolute atomic E-state index is 0.0593. The highest BCUT2D eigenvalue weighted by molar-refractivity contribution is 5.91. The van der Waals surface area contributed by atoms with Crippen LogP contribution in [-0.4, -0.2) is 57.8 Å². The van der Waals surface area contributed by atoms with Crippen molar-refractivity contribution in [2.75, 3.05) is 57.2 Å². The number of nitro benzene ring substituents is 1. The van der Waals surface area contributed by atoms with Gasteiger partial charge >= 0.3 is 0 Å². The number of carbonyl (C=O) groups is 1. The first-order valence-corrected chi connectivity index (χ1v) is 9.35. The molecule has 1 saturated heterocycles. The Kier molecular flexibility index (Phi) is 6.50. The quantitative estimate of drug-likeness (QED) is 0.530. The molecule has 2 aromatic carbocycles. The van der Waals surface area contributed by atoms with Crippen molar-refractivity contribution in [3.8, 4) is 11.5 Å². The molecule has 0 bridgehead atoms. The summed E-state index contributed by atoms with van der Waals surface area (Å²) < 4.78 is 10.5. The van der Waals surface area contributed by atoms with Crippen LogP contribution in [-0.2, 0) is 4.79 Å². The van der Waals surface area contributed by atoms with Crippen LogP contribution in [0.25, 0.3) is 0 Å². The summed E-state index contributed by atoms with van der Waals surface area (Å²) in [5.41, 5.74) is 1.71. The molecule has 29 heavy (non-hydrogen) atoms. The van der Waals surface area contributed by atoms with Crippen LogP contribution in [0.4, 0.5) is 17.1 Å². The first-order chi connectivity index (χ1) is 14.0. The molecular weight excluding hydrogens is 376 g/mol. The fourth-order valence-corrected chi connectivity index (χ4v) is 3.39. The molecule has 1 aliphatic rings. The Hall–Kier alpha value is -3.33. The van der Waals surface area contributed by atoms with Crippen molar-refractivity contribution in [1.29, 1.82) is 0 Å². The van der Waals surface area contributed by atoms with E-state index in [2.05, 4.69) is 10.2 Å². The van der Waals surface area contributed by atoms with E-state index < -0.39 is 4.92 Å². The Morgan fingerprint density at radius 2 is 1.76 bits per heavy atom. The summed E-state index contributed by atoms with van der Waals surface area (Å²) in [4.78, 5) is 26.2. The molecular formula is C20H25N4O5+. The second-order valence-electron chi connectivity index (χ2n) is 6.81. The summed E-state index contributed by atoms with van der Waals surface area (Å²) in [7, 11) is 3.12. The monoisotopic (exact) mass is 401 g/mol. The molecule has 0 unspecified atom stereocenters. The number of piperazine rings is 1. The van der Waals surface area contributed by atoms with Crippen LogP contribution in [0.1, 0.15) is 0 Å². The predicted molar refractivity (Wildman–Crippen MR) is 109 cm³/mol. The number of nitrogens with one attached hydrogen (secondary N) is 2. The molecule has 154 valence electrons. The van der Waals surface area contributed by atoms with Gasteiger partial charge in [-0.1, -0.05) is 0 Å². The zero-order valence-corrected chi connectivity index (χ0v) is 16.5. The summed E-state index contributed by atoms with van der Waals surface area (Å²) >= 11 is 0. The van der Waals surface area contributed by atoms with Gasteiger partial charge in [-0.2, -0.15) is 0 Å². The standard InChI is InChI=1S/C20H24N4O5/c1-28-18-8-3-15(13-19(18)29-2)21-20(25)14-22-9-11-23(12-10-22)16-4-6-17(7-5-16)24(26)27/h3-8,13H,9-12,14H2,1-2H3,(H,21,25)/p+1. The van der Waals surface area contributed by atoms with Crippen LogP contribution in [0.15, 0.2) is 42.5 Å². The predicted octanol–water partition coefficient (Wildman–Crippen LogP) is 0.956. The Balaban J connectivity index is 1.50. The highest BCUT2D eigenvalue weighted by Crippen LogP contribution is 2.29. The van der Waals surface area contributed by atoms with Gasteiger partial charge in [-0.25, -0.2) is 0 Å². The molecule has 2 N–H and O–H groups in total. The topological polar surface area (TPSA) is 98.4 Å². The van der Waals surface area contributed by atoms with Gasteiger partial charge in [-0.05, 0) is 24.3 Å². The lowest BCUT2D eigenvalue weighted by Crippen LogP contribution is -3.15. The van der Waals surface area contributed by atoms with Gasteiger partial charge in [0.05, 0.1) is 45.3 Å².